The first kappa shape index (κ1) is 25.6. The number of ether oxygens (including phenoxy) is 5. The van der Waals surface area contributed by atoms with Gasteiger partial charge >= 0.3 is 23.9 Å². The van der Waals surface area contributed by atoms with Crippen molar-refractivity contribution in [3.63, 3.8) is 0 Å². The number of nitrogens with zero attached hydrogens (tertiary/aromatic N) is 1. The summed E-state index contributed by atoms with van der Waals surface area (Å²) in [5, 5.41) is 0. The molecule has 2 heterocycles. The van der Waals surface area contributed by atoms with E-state index in [2.05, 4.69) is 0 Å². The third kappa shape index (κ3) is 5.06. The Morgan fingerprint density at radius 1 is 1.08 bits per heavy atom. The average Bonchev–Trinajstić information content (AvgIpc) is 3.47. The van der Waals surface area contributed by atoms with Crippen molar-refractivity contribution in [1.29, 1.82) is 0 Å². The summed E-state index contributed by atoms with van der Waals surface area (Å²) in [7, 11) is 0. The molecular weight excluding hydrogens is 489 g/mol. The molecule has 0 amide bonds. The van der Waals surface area contributed by atoms with Crippen molar-refractivity contribution in [2.75, 3.05) is 39.5 Å². The molecule has 37 heavy (non-hydrogen) atoms. The highest BCUT2D eigenvalue weighted by Gasteiger charge is 2.70. The summed E-state index contributed by atoms with van der Waals surface area (Å²) in [6, 6.07) is 5.64. The molecule has 4 fully saturated rings. The van der Waals surface area contributed by atoms with E-state index in [0.29, 0.717) is 38.3 Å². The Morgan fingerprint density at radius 2 is 1.78 bits per heavy atom. The van der Waals surface area contributed by atoms with Crippen LogP contribution in [-0.4, -0.2) is 80.4 Å². The van der Waals surface area contributed by atoms with Crippen LogP contribution in [0, 0.1) is 29.5 Å². The smallest absolute Gasteiger partial charge is 0.344 e. The number of halogens is 1. The minimum absolute atomic E-state index is 0.0461. The molecule has 1 aromatic carbocycles. The van der Waals surface area contributed by atoms with Gasteiger partial charge in [-0.15, -0.1) is 0 Å². The van der Waals surface area contributed by atoms with E-state index >= 15 is 0 Å². The number of benzene rings is 1. The van der Waals surface area contributed by atoms with Gasteiger partial charge in [0.25, 0.3) is 0 Å². The maximum atomic E-state index is 13.3. The molecule has 6 atom stereocenters. The zero-order valence-corrected chi connectivity index (χ0v) is 20.7. The van der Waals surface area contributed by atoms with Crippen molar-refractivity contribution >= 4 is 23.9 Å². The number of carbonyl (C=O) groups excluding carboxylic acids is 4. The molecule has 2 aliphatic carbocycles. The molecule has 4 aliphatic rings. The highest BCUT2D eigenvalue weighted by molar-refractivity contribution is 5.86. The Labute approximate surface area is 213 Å². The van der Waals surface area contributed by atoms with Crippen LogP contribution < -0.4 is 0 Å². The Kier molecular flexibility index (Phi) is 6.93. The lowest BCUT2D eigenvalue weighted by atomic mass is 9.78. The molecule has 2 aliphatic heterocycles. The van der Waals surface area contributed by atoms with Gasteiger partial charge in [0.2, 0.25) is 0 Å². The molecule has 0 N–H and O–H groups in total. The fourth-order valence-corrected chi connectivity index (χ4v) is 6.01. The summed E-state index contributed by atoms with van der Waals surface area (Å²) < 4.78 is 40.6. The third-order valence-electron chi connectivity index (χ3n) is 7.79. The second kappa shape index (κ2) is 10.0. The first-order valence-electron chi connectivity index (χ1n) is 12.5. The van der Waals surface area contributed by atoms with Crippen LogP contribution in [0.4, 0.5) is 4.39 Å². The van der Waals surface area contributed by atoms with Gasteiger partial charge in [-0.2, -0.15) is 0 Å². The lowest BCUT2D eigenvalue weighted by Gasteiger charge is -2.33. The summed E-state index contributed by atoms with van der Waals surface area (Å²) in [6.45, 7) is 5.12. The summed E-state index contributed by atoms with van der Waals surface area (Å²) in [5.41, 5.74) is -0.478. The largest absolute Gasteiger partial charge is 0.458 e. The fraction of sp³-hybridized carbons (Fsp3) is 0.615. The zero-order valence-electron chi connectivity index (χ0n) is 20.7. The van der Waals surface area contributed by atoms with E-state index < -0.39 is 71.9 Å². The van der Waals surface area contributed by atoms with E-state index in [9.17, 15) is 23.6 Å². The van der Waals surface area contributed by atoms with Crippen molar-refractivity contribution in [3.05, 3.63) is 35.6 Å². The van der Waals surface area contributed by atoms with Crippen LogP contribution >= 0.6 is 0 Å². The Bertz CT molecular complexity index is 1070. The summed E-state index contributed by atoms with van der Waals surface area (Å²) >= 11 is 0. The van der Waals surface area contributed by atoms with Gasteiger partial charge in [0.1, 0.15) is 23.6 Å². The van der Waals surface area contributed by atoms with Crippen LogP contribution in [0.3, 0.4) is 0 Å². The fourth-order valence-electron chi connectivity index (χ4n) is 6.01. The van der Waals surface area contributed by atoms with E-state index in [-0.39, 0.29) is 12.5 Å². The molecule has 6 unspecified atom stereocenters. The topological polar surface area (TPSA) is 118 Å². The van der Waals surface area contributed by atoms with Crippen molar-refractivity contribution in [2.45, 2.75) is 38.1 Å². The summed E-state index contributed by atoms with van der Waals surface area (Å²) in [5.74, 6) is -5.05. The highest BCUT2D eigenvalue weighted by Crippen LogP contribution is 2.59. The van der Waals surface area contributed by atoms with E-state index in [0.717, 1.165) is 0 Å². The predicted octanol–water partition coefficient (Wildman–Crippen LogP) is 1.20. The van der Waals surface area contributed by atoms with Gasteiger partial charge in [-0.25, -0.2) is 9.18 Å². The highest BCUT2D eigenvalue weighted by atomic mass is 19.1. The SMILES string of the molecule is CC(C)(OC(=O)C1C2CC3C(OC(=O)C31)C2OC(=O)COC(=O)CN1CCOCC1)c1ccc(F)cc1. The second-order valence-electron chi connectivity index (χ2n) is 10.5. The van der Waals surface area contributed by atoms with Crippen LogP contribution in [0.5, 0.6) is 0 Å². The number of carbonyl (C=O) groups is 4. The molecule has 2 bridgehead atoms. The van der Waals surface area contributed by atoms with E-state index in [1.807, 2.05) is 4.90 Å². The Balaban J connectivity index is 1.20. The summed E-state index contributed by atoms with van der Waals surface area (Å²) in [6.07, 6.45) is -0.985. The molecule has 1 aromatic rings. The van der Waals surface area contributed by atoms with Gasteiger partial charge < -0.3 is 23.7 Å². The van der Waals surface area contributed by atoms with Crippen molar-refractivity contribution in [3.8, 4) is 0 Å². The van der Waals surface area contributed by atoms with Crippen LogP contribution in [0.1, 0.15) is 25.8 Å². The van der Waals surface area contributed by atoms with Crippen LogP contribution in [0.2, 0.25) is 0 Å². The molecule has 2 saturated heterocycles. The standard InChI is InChI=1S/C26H30FNO9/c1-26(2,14-3-5-15(27)6-4-14)37-25(32)21-17-11-16-20(21)24(31)36-23(16)22(17)35-19(30)13-34-18(29)12-28-7-9-33-10-8-28/h3-6,16-17,20-23H,7-13H2,1-2H3. The number of morpholine rings is 1. The van der Waals surface area contributed by atoms with Gasteiger partial charge in [-0.05, 0) is 38.0 Å². The van der Waals surface area contributed by atoms with Crippen LogP contribution in [0.25, 0.3) is 0 Å². The zero-order chi connectivity index (χ0) is 26.3. The maximum absolute atomic E-state index is 13.3. The maximum Gasteiger partial charge on any atom is 0.344 e. The molecule has 10 nitrogen and oxygen atoms in total. The quantitative estimate of drug-likeness (QED) is 0.366. The third-order valence-corrected chi connectivity index (χ3v) is 7.79. The van der Waals surface area contributed by atoms with Crippen LogP contribution in [-0.2, 0) is 48.5 Å². The van der Waals surface area contributed by atoms with Gasteiger partial charge in [-0.1, -0.05) is 12.1 Å². The number of fused-ring (bicyclic) bond motifs is 1. The summed E-state index contributed by atoms with van der Waals surface area (Å²) in [4.78, 5) is 52.4. The lowest BCUT2D eigenvalue weighted by Crippen LogP contribution is -2.45. The first-order valence-corrected chi connectivity index (χ1v) is 12.5. The van der Waals surface area contributed by atoms with Gasteiger partial charge in [0, 0.05) is 24.9 Å². The van der Waals surface area contributed by atoms with Gasteiger partial charge in [0.05, 0.1) is 31.6 Å². The molecule has 0 radical (unpaired) electrons. The lowest BCUT2D eigenvalue weighted by molar-refractivity contribution is -0.176. The van der Waals surface area contributed by atoms with Crippen molar-refractivity contribution < 1.29 is 47.3 Å². The number of rotatable bonds is 8. The molecule has 5 rings (SSSR count). The minimum atomic E-state index is -1.07. The normalized spacial score (nSPS) is 30.6. The van der Waals surface area contributed by atoms with Crippen LogP contribution in [0.15, 0.2) is 24.3 Å². The molecule has 2 saturated carbocycles. The first-order chi connectivity index (χ1) is 17.6. The number of esters is 4. The van der Waals surface area contributed by atoms with E-state index in [1.165, 1.54) is 24.3 Å². The van der Waals surface area contributed by atoms with E-state index in [4.69, 9.17) is 23.7 Å². The Hall–Kier alpha value is -3.05. The molecule has 0 aromatic heterocycles. The minimum Gasteiger partial charge on any atom is -0.458 e. The predicted molar refractivity (Wildman–Crippen MR) is 122 cm³/mol. The average molecular weight is 520 g/mol. The van der Waals surface area contributed by atoms with E-state index in [1.54, 1.807) is 13.8 Å². The van der Waals surface area contributed by atoms with Crippen molar-refractivity contribution in [2.24, 2.45) is 23.7 Å². The van der Waals surface area contributed by atoms with Gasteiger partial charge in [0.15, 0.2) is 6.61 Å². The molecular formula is C26H30FNO9. The second-order valence-corrected chi connectivity index (χ2v) is 10.5. The van der Waals surface area contributed by atoms with Gasteiger partial charge in [-0.3, -0.25) is 19.3 Å². The molecule has 0 spiro atoms. The molecule has 200 valence electrons. The monoisotopic (exact) mass is 519 g/mol. The number of hydrogen-bond donors (Lipinski definition) is 0. The molecule has 11 heteroatoms. The van der Waals surface area contributed by atoms with Crippen molar-refractivity contribution in [1.82, 2.24) is 4.90 Å². The number of hydrogen-bond acceptors (Lipinski definition) is 10. The Morgan fingerprint density at radius 3 is 2.49 bits per heavy atom.